The summed E-state index contributed by atoms with van der Waals surface area (Å²) >= 11 is 0. The summed E-state index contributed by atoms with van der Waals surface area (Å²) in [5, 5.41) is 20.3. The van der Waals surface area contributed by atoms with Gasteiger partial charge in [-0.15, -0.1) is 0 Å². The van der Waals surface area contributed by atoms with Gasteiger partial charge in [0.2, 0.25) is 0 Å². The van der Waals surface area contributed by atoms with Gasteiger partial charge in [0.05, 0.1) is 5.60 Å². The van der Waals surface area contributed by atoms with Gasteiger partial charge in [0.15, 0.2) is 0 Å². The molecular formula is C16H16O2. The molecule has 0 aromatic heterocycles. The van der Waals surface area contributed by atoms with Gasteiger partial charge in [-0.25, -0.2) is 0 Å². The minimum atomic E-state index is -0.889. The van der Waals surface area contributed by atoms with Crippen molar-refractivity contribution >= 4 is 0 Å². The number of aliphatic hydroxyl groups is 1. The van der Waals surface area contributed by atoms with E-state index < -0.39 is 5.60 Å². The predicted molar refractivity (Wildman–Crippen MR) is 71.6 cm³/mol. The number of phenols is 1. The van der Waals surface area contributed by atoms with Gasteiger partial charge in [-0.05, 0) is 48.6 Å². The topological polar surface area (TPSA) is 40.5 Å². The summed E-state index contributed by atoms with van der Waals surface area (Å²) < 4.78 is 0. The average molecular weight is 240 g/mol. The highest BCUT2D eigenvalue weighted by Gasteiger charge is 2.29. The Morgan fingerprint density at radius 1 is 1.06 bits per heavy atom. The summed E-state index contributed by atoms with van der Waals surface area (Å²) in [7, 11) is 0. The molecule has 18 heavy (non-hydrogen) atoms. The second-order valence-corrected chi connectivity index (χ2v) is 5.38. The van der Waals surface area contributed by atoms with E-state index in [1.807, 2.05) is 24.3 Å². The zero-order valence-corrected chi connectivity index (χ0v) is 10.6. The first-order valence-corrected chi connectivity index (χ1v) is 6.14. The first-order valence-electron chi connectivity index (χ1n) is 6.14. The summed E-state index contributed by atoms with van der Waals surface area (Å²) in [6, 6.07) is 11.6. The molecule has 1 aliphatic carbocycles. The van der Waals surface area contributed by atoms with Crippen molar-refractivity contribution in [1.29, 1.82) is 0 Å². The molecule has 0 amide bonds. The molecule has 92 valence electrons. The van der Waals surface area contributed by atoms with E-state index in [4.69, 9.17) is 0 Å². The Bertz CT molecular complexity index is 621. The van der Waals surface area contributed by atoms with Crippen molar-refractivity contribution in [3.63, 3.8) is 0 Å². The third kappa shape index (κ3) is 1.53. The van der Waals surface area contributed by atoms with Crippen molar-refractivity contribution in [2.75, 3.05) is 0 Å². The second-order valence-electron chi connectivity index (χ2n) is 5.38. The Hall–Kier alpha value is -1.80. The maximum absolute atomic E-state index is 10.2. The van der Waals surface area contributed by atoms with E-state index in [1.165, 1.54) is 5.56 Å². The van der Waals surface area contributed by atoms with Crippen LogP contribution >= 0.6 is 0 Å². The van der Waals surface area contributed by atoms with E-state index in [-0.39, 0.29) is 0 Å². The molecular weight excluding hydrogens is 224 g/mol. The number of hydrogen-bond acceptors (Lipinski definition) is 2. The maximum atomic E-state index is 10.2. The van der Waals surface area contributed by atoms with Gasteiger partial charge >= 0.3 is 0 Å². The van der Waals surface area contributed by atoms with Gasteiger partial charge in [-0.2, -0.15) is 0 Å². The summed E-state index contributed by atoms with van der Waals surface area (Å²) in [6.07, 6.45) is 0.777. The van der Waals surface area contributed by atoms with E-state index in [0.717, 1.165) is 28.7 Å². The molecule has 0 heterocycles. The van der Waals surface area contributed by atoms with Crippen LogP contribution in [-0.2, 0) is 12.0 Å². The lowest BCUT2D eigenvalue weighted by Crippen LogP contribution is -2.17. The molecule has 0 unspecified atom stereocenters. The molecule has 2 aromatic carbocycles. The number of rotatable bonds is 1. The van der Waals surface area contributed by atoms with Crippen LogP contribution in [0, 0.1) is 0 Å². The van der Waals surface area contributed by atoms with Gasteiger partial charge in [-0.1, -0.05) is 30.3 Å². The van der Waals surface area contributed by atoms with Crippen LogP contribution in [0.5, 0.6) is 5.75 Å². The summed E-state index contributed by atoms with van der Waals surface area (Å²) in [6.45, 7) is 3.56. The largest absolute Gasteiger partial charge is 0.507 e. The molecule has 0 radical (unpaired) electrons. The van der Waals surface area contributed by atoms with Crippen LogP contribution in [0.4, 0.5) is 0 Å². The minimum Gasteiger partial charge on any atom is -0.507 e. The van der Waals surface area contributed by atoms with Gasteiger partial charge in [0.1, 0.15) is 5.75 Å². The second kappa shape index (κ2) is 3.59. The maximum Gasteiger partial charge on any atom is 0.123 e. The van der Waals surface area contributed by atoms with E-state index >= 15 is 0 Å². The Morgan fingerprint density at radius 2 is 1.78 bits per heavy atom. The first-order chi connectivity index (χ1) is 8.48. The molecule has 2 N–H and O–H groups in total. The predicted octanol–water partition coefficient (Wildman–Crippen LogP) is 3.19. The standard InChI is InChI=1S/C16H16O2/c1-16(2,18)13-7-8-14(17)15-11-6-4-3-5-10(11)9-12(13)15/h3-8,17-18H,9H2,1-2H3. The molecule has 2 aromatic rings. The zero-order valence-electron chi connectivity index (χ0n) is 10.6. The SMILES string of the molecule is CC(C)(O)c1ccc(O)c2c1Cc1ccccc1-2. The minimum absolute atomic E-state index is 0.294. The lowest BCUT2D eigenvalue weighted by Gasteiger charge is -2.22. The number of fused-ring (bicyclic) bond motifs is 3. The normalized spacial score (nSPS) is 13.3. The number of hydrogen-bond donors (Lipinski definition) is 2. The fraction of sp³-hybridized carbons (Fsp3) is 0.250. The quantitative estimate of drug-likeness (QED) is 0.685. The number of benzene rings is 2. The van der Waals surface area contributed by atoms with Crippen LogP contribution < -0.4 is 0 Å². The third-order valence-electron chi connectivity index (χ3n) is 3.60. The van der Waals surface area contributed by atoms with Crippen molar-refractivity contribution in [3.8, 4) is 16.9 Å². The smallest absolute Gasteiger partial charge is 0.123 e. The highest BCUT2D eigenvalue weighted by molar-refractivity contribution is 5.82. The molecule has 0 fully saturated rings. The molecule has 0 aliphatic heterocycles. The van der Waals surface area contributed by atoms with Crippen LogP contribution in [0.2, 0.25) is 0 Å². The first kappa shape index (κ1) is 11.3. The van der Waals surface area contributed by atoms with Crippen LogP contribution in [0.3, 0.4) is 0 Å². The van der Waals surface area contributed by atoms with Gasteiger partial charge < -0.3 is 10.2 Å². The third-order valence-corrected chi connectivity index (χ3v) is 3.60. The Kier molecular flexibility index (Phi) is 2.26. The van der Waals surface area contributed by atoms with Crippen molar-refractivity contribution in [2.45, 2.75) is 25.9 Å². The van der Waals surface area contributed by atoms with E-state index in [9.17, 15) is 10.2 Å². The van der Waals surface area contributed by atoms with E-state index in [1.54, 1.807) is 19.9 Å². The highest BCUT2D eigenvalue weighted by atomic mass is 16.3. The Balaban J connectivity index is 2.31. The summed E-state index contributed by atoms with van der Waals surface area (Å²) in [5.74, 6) is 0.294. The van der Waals surface area contributed by atoms with Crippen LogP contribution in [0.15, 0.2) is 36.4 Å². The van der Waals surface area contributed by atoms with Gasteiger partial charge in [0, 0.05) is 5.56 Å². The van der Waals surface area contributed by atoms with E-state index in [0.29, 0.717) is 5.75 Å². The zero-order chi connectivity index (χ0) is 12.9. The molecule has 0 saturated carbocycles. The molecule has 1 aliphatic rings. The fourth-order valence-corrected chi connectivity index (χ4v) is 2.80. The molecule has 2 heteroatoms. The fourth-order valence-electron chi connectivity index (χ4n) is 2.80. The van der Waals surface area contributed by atoms with Crippen molar-refractivity contribution < 1.29 is 10.2 Å². The molecule has 0 bridgehead atoms. The average Bonchev–Trinajstić information content (AvgIpc) is 2.67. The van der Waals surface area contributed by atoms with Crippen molar-refractivity contribution in [1.82, 2.24) is 0 Å². The van der Waals surface area contributed by atoms with Crippen LogP contribution in [-0.4, -0.2) is 10.2 Å². The van der Waals surface area contributed by atoms with Crippen LogP contribution in [0.25, 0.3) is 11.1 Å². The van der Waals surface area contributed by atoms with Crippen molar-refractivity contribution in [2.24, 2.45) is 0 Å². The molecule has 0 saturated heterocycles. The molecule has 0 spiro atoms. The van der Waals surface area contributed by atoms with Crippen molar-refractivity contribution in [3.05, 3.63) is 53.1 Å². The van der Waals surface area contributed by atoms with Gasteiger partial charge in [0.25, 0.3) is 0 Å². The Morgan fingerprint density at radius 3 is 2.50 bits per heavy atom. The summed E-state index contributed by atoms with van der Waals surface area (Å²) in [5.41, 5.74) is 4.22. The van der Waals surface area contributed by atoms with E-state index in [2.05, 4.69) is 6.07 Å². The lowest BCUT2D eigenvalue weighted by atomic mass is 9.90. The summed E-state index contributed by atoms with van der Waals surface area (Å²) in [4.78, 5) is 0. The molecule has 0 atom stereocenters. The number of phenolic OH excluding ortho intramolecular Hbond substituents is 1. The van der Waals surface area contributed by atoms with Crippen LogP contribution in [0.1, 0.15) is 30.5 Å². The Labute approximate surface area is 107 Å². The van der Waals surface area contributed by atoms with Gasteiger partial charge in [-0.3, -0.25) is 0 Å². The molecule has 2 nitrogen and oxygen atoms in total. The molecule has 3 rings (SSSR count). The monoisotopic (exact) mass is 240 g/mol. The highest BCUT2D eigenvalue weighted by Crippen LogP contribution is 2.45. The number of aromatic hydroxyl groups is 1. The lowest BCUT2D eigenvalue weighted by molar-refractivity contribution is 0.0778.